The summed E-state index contributed by atoms with van der Waals surface area (Å²) in [6, 6.07) is -0.690. The molecule has 0 bridgehead atoms. The molecule has 1 amide bonds. The molecule has 110 valence electrons. The van der Waals surface area contributed by atoms with E-state index in [0.717, 1.165) is 5.06 Å². The van der Waals surface area contributed by atoms with Gasteiger partial charge < -0.3 is 9.47 Å². The van der Waals surface area contributed by atoms with E-state index < -0.39 is 23.6 Å². The van der Waals surface area contributed by atoms with Crippen LogP contribution in [0.2, 0.25) is 0 Å². The monoisotopic (exact) mass is 275 g/mol. The number of ether oxygens (including phenoxy) is 2. The van der Waals surface area contributed by atoms with Gasteiger partial charge in [-0.2, -0.15) is 0 Å². The van der Waals surface area contributed by atoms with Crippen molar-refractivity contribution in [3.63, 3.8) is 0 Å². The molecule has 0 saturated heterocycles. The number of hydrogen-bond donors (Lipinski definition) is 0. The first-order valence-corrected chi connectivity index (χ1v) is 5.85. The number of amides is 1. The highest BCUT2D eigenvalue weighted by Crippen LogP contribution is 2.12. The van der Waals surface area contributed by atoms with Crippen LogP contribution >= 0.6 is 0 Å². The highest BCUT2D eigenvalue weighted by Gasteiger charge is 2.25. The van der Waals surface area contributed by atoms with Crippen LogP contribution < -0.4 is 0 Å². The van der Waals surface area contributed by atoms with Gasteiger partial charge in [-0.1, -0.05) is 0 Å². The molecular formula is C12H21NO6. The van der Waals surface area contributed by atoms with Gasteiger partial charge in [-0.05, 0) is 20.8 Å². The molecule has 0 aromatic heterocycles. The molecule has 0 atom stereocenters. The fraction of sp³-hybridized carbons (Fsp3) is 0.750. The first-order valence-electron chi connectivity index (χ1n) is 5.85. The average molecular weight is 275 g/mol. The molecule has 0 radical (unpaired) electrons. The van der Waals surface area contributed by atoms with Crippen LogP contribution in [0.15, 0.2) is 0 Å². The van der Waals surface area contributed by atoms with E-state index in [1.807, 2.05) is 0 Å². The molecular weight excluding hydrogens is 254 g/mol. The Hall–Kier alpha value is -1.63. The Kier molecular flexibility index (Phi) is 7.06. The van der Waals surface area contributed by atoms with Gasteiger partial charge in [0.2, 0.25) is 6.41 Å². The number of nitrogens with zero attached hydrogens (tertiary/aromatic N) is 1. The van der Waals surface area contributed by atoms with E-state index >= 15 is 0 Å². The molecule has 0 aromatic rings. The molecule has 0 heterocycles. The zero-order valence-electron chi connectivity index (χ0n) is 12.0. The molecule has 0 spiro atoms. The molecule has 0 saturated carbocycles. The molecule has 0 N–H and O–H groups in total. The summed E-state index contributed by atoms with van der Waals surface area (Å²) in [5.41, 5.74) is -0.606. The van der Waals surface area contributed by atoms with E-state index in [4.69, 9.17) is 14.3 Å². The summed E-state index contributed by atoms with van der Waals surface area (Å²) in [4.78, 5) is 38.0. The molecule has 7 heteroatoms. The zero-order chi connectivity index (χ0) is 15.1. The average Bonchev–Trinajstić information content (AvgIpc) is 2.24. The van der Waals surface area contributed by atoms with Gasteiger partial charge in [0, 0.05) is 13.8 Å². The summed E-state index contributed by atoms with van der Waals surface area (Å²) < 4.78 is 9.65. The van der Waals surface area contributed by atoms with Crippen LogP contribution in [-0.4, -0.2) is 48.3 Å². The Morgan fingerprint density at radius 2 is 1.53 bits per heavy atom. The Bertz CT molecular complexity index is 305. The van der Waals surface area contributed by atoms with Crippen molar-refractivity contribution in [3.05, 3.63) is 0 Å². The largest absolute Gasteiger partial charge is 0.463 e. The Morgan fingerprint density at radius 3 is 1.79 bits per heavy atom. The van der Waals surface area contributed by atoms with Gasteiger partial charge in [-0.25, -0.2) is 5.06 Å². The van der Waals surface area contributed by atoms with E-state index in [9.17, 15) is 14.4 Å². The number of rotatable bonds is 7. The smallest absolute Gasteiger partial charge is 0.302 e. The second-order valence-electron chi connectivity index (χ2n) is 4.93. The van der Waals surface area contributed by atoms with E-state index in [1.54, 1.807) is 20.8 Å². The molecule has 0 aliphatic carbocycles. The minimum Gasteiger partial charge on any atom is -0.463 e. The fourth-order valence-electron chi connectivity index (χ4n) is 1.12. The third-order valence-corrected chi connectivity index (χ3v) is 1.80. The SMILES string of the molecule is CC(=O)OCC(COC(C)=O)N(C=O)OC(C)(C)C. The number of hydrogen-bond acceptors (Lipinski definition) is 6. The predicted octanol–water partition coefficient (Wildman–Crippen LogP) is 0.670. The van der Waals surface area contributed by atoms with Crippen LogP contribution in [0, 0.1) is 0 Å². The van der Waals surface area contributed by atoms with Gasteiger partial charge in [0.15, 0.2) is 0 Å². The van der Waals surface area contributed by atoms with E-state index in [1.165, 1.54) is 13.8 Å². The number of hydroxylamine groups is 2. The maximum atomic E-state index is 11.0. The first kappa shape index (κ1) is 17.4. The normalized spacial score (nSPS) is 11.1. The number of carbonyl (C=O) groups excluding carboxylic acids is 3. The van der Waals surface area contributed by atoms with Crippen molar-refractivity contribution < 1.29 is 28.7 Å². The lowest BCUT2D eigenvalue weighted by Crippen LogP contribution is -2.45. The lowest BCUT2D eigenvalue weighted by atomic mass is 10.2. The summed E-state index contributed by atoms with van der Waals surface area (Å²) >= 11 is 0. The maximum absolute atomic E-state index is 11.0. The van der Waals surface area contributed by atoms with Crippen molar-refractivity contribution in [1.29, 1.82) is 0 Å². The molecule has 0 rings (SSSR count). The minimum absolute atomic E-state index is 0.114. The van der Waals surface area contributed by atoms with Crippen molar-refractivity contribution in [3.8, 4) is 0 Å². The first-order chi connectivity index (χ1) is 8.65. The molecule has 0 unspecified atom stereocenters. The third-order valence-electron chi connectivity index (χ3n) is 1.80. The summed E-state index contributed by atoms with van der Waals surface area (Å²) in [5.74, 6) is -0.983. The standard InChI is InChI=1S/C12H21NO6/c1-9(15)17-6-11(7-18-10(2)16)13(8-14)19-12(3,4)5/h8,11H,6-7H2,1-5H3. The highest BCUT2D eigenvalue weighted by atomic mass is 16.7. The van der Waals surface area contributed by atoms with Crippen molar-refractivity contribution in [2.24, 2.45) is 0 Å². The quantitative estimate of drug-likeness (QED) is 0.386. The van der Waals surface area contributed by atoms with Gasteiger partial charge in [0.05, 0.1) is 5.60 Å². The maximum Gasteiger partial charge on any atom is 0.302 e. The second-order valence-corrected chi connectivity index (χ2v) is 4.93. The Morgan fingerprint density at radius 1 is 1.11 bits per heavy atom. The summed E-state index contributed by atoms with van der Waals surface area (Å²) in [6.07, 6.45) is 0.461. The predicted molar refractivity (Wildman–Crippen MR) is 65.8 cm³/mol. The van der Waals surface area contributed by atoms with Crippen LogP contribution in [0.25, 0.3) is 0 Å². The number of carbonyl (C=O) groups is 3. The van der Waals surface area contributed by atoms with Crippen LogP contribution in [0.3, 0.4) is 0 Å². The van der Waals surface area contributed by atoms with Crippen LogP contribution in [0.4, 0.5) is 0 Å². The van der Waals surface area contributed by atoms with Gasteiger partial charge in [0.1, 0.15) is 19.3 Å². The van der Waals surface area contributed by atoms with E-state index in [-0.39, 0.29) is 13.2 Å². The molecule has 0 fully saturated rings. The molecule has 0 aliphatic rings. The highest BCUT2D eigenvalue weighted by molar-refractivity contribution is 5.66. The van der Waals surface area contributed by atoms with Crippen molar-refractivity contribution in [1.82, 2.24) is 5.06 Å². The van der Waals surface area contributed by atoms with Gasteiger partial charge in [-0.3, -0.25) is 19.2 Å². The molecule has 19 heavy (non-hydrogen) atoms. The van der Waals surface area contributed by atoms with Crippen molar-refractivity contribution >= 4 is 18.3 Å². The molecule has 0 aromatic carbocycles. The second kappa shape index (κ2) is 7.73. The zero-order valence-corrected chi connectivity index (χ0v) is 12.0. The van der Waals surface area contributed by atoms with Crippen molar-refractivity contribution in [2.75, 3.05) is 13.2 Å². The van der Waals surface area contributed by atoms with Crippen molar-refractivity contribution in [2.45, 2.75) is 46.3 Å². The van der Waals surface area contributed by atoms with Gasteiger partial charge in [0.25, 0.3) is 0 Å². The van der Waals surface area contributed by atoms with Crippen LogP contribution in [0.5, 0.6) is 0 Å². The fourth-order valence-corrected chi connectivity index (χ4v) is 1.12. The lowest BCUT2D eigenvalue weighted by Gasteiger charge is -2.32. The number of esters is 2. The Labute approximate surface area is 112 Å². The lowest BCUT2D eigenvalue weighted by molar-refractivity contribution is -0.242. The molecule has 7 nitrogen and oxygen atoms in total. The van der Waals surface area contributed by atoms with E-state index in [0.29, 0.717) is 6.41 Å². The van der Waals surface area contributed by atoms with Gasteiger partial charge >= 0.3 is 11.9 Å². The summed E-state index contributed by atoms with van der Waals surface area (Å²) in [5, 5.41) is 0.992. The summed E-state index contributed by atoms with van der Waals surface area (Å²) in [7, 11) is 0. The van der Waals surface area contributed by atoms with Crippen LogP contribution in [0.1, 0.15) is 34.6 Å². The summed E-state index contributed by atoms with van der Waals surface area (Å²) in [6.45, 7) is 7.56. The van der Waals surface area contributed by atoms with E-state index in [2.05, 4.69) is 0 Å². The third kappa shape index (κ3) is 9.01. The topological polar surface area (TPSA) is 82.1 Å². The minimum atomic E-state index is -0.690. The molecule has 0 aliphatic heterocycles. The van der Waals surface area contributed by atoms with Crippen LogP contribution in [-0.2, 0) is 28.7 Å². The Balaban J connectivity index is 4.69. The van der Waals surface area contributed by atoms with Gasteiger partial charge in [-0.15, -0.1) is 0 Å².